The van der Waals surface area contributed by atoms with Gasteiger partial charge in [0.2, 0.25) is 0 Å². The fourth-order valence-corrected chi connectivity index (χ4v) is 4.54. The molecule has 4 nitrogen and oxygen atoms in total. The molecule has 1 aromatic heterocycles. The van der Waals surface area contributed by atoms with E-state index in [1.807, 2.05) is 36.9 Å². The molecule has 0 amide bonds. The second-order valence-electron chi connectivity index (χ2n) is 6.17. The van der Waals surface area contributed by atoms with Gasteiger partial charge in [-0.1, -0.05) is 12.1 Å². The first kappa shape index (κ1) is 15.6. The van der Waals surface area contributed by atoms with E-state index in [-0.39, 0.29) is 5.56 Å². The highest BCUT2D eigenvalue weighted by Crippen LogP contribution is 2.36. The van der Waals surface area contributed by atoms with Crippen molar-refractivity contribution in [3.8, 4) is 0 Å². The van der Waals surface area contributed by atoms with E-state index in [4.69, 9.17) is 5.73 Å². The van der Waals surface area contributed by atoms with Crippen molar-refractivity contribution >= 4 is 22.7 Å². The van der Waals surface area contributed by atoms with Crippen LogP contribution in [0.2, 0.25) is 0 Å². The Bertz CT molecular complexity index is 713. The fourth-order valence-electron chi connectivity index (χ4n) is 3.30. The number of benzene rings is 1. The second-order valence-corrected chi connectivity index (χ2v) is 7.46. The van der Waals surface area contributed by atoms with Gasteiger partial charge >= 0.3 is 0 Å². The van der Waals surface area contributed by atoms with Gasteiger partial charge in [-0.15, -0.1) is 0 Å². The number of fused-ring (bicyclic) bond motifs is 1. The number of aromatic amines is 1. The summed E-state index contributed by atoms with van der Waals surface area (Å²) in [5.41, 5.74) is 7.50. The van der Waals surface area contributed by atoms with Crippen LogP contribution in [-0.4, -0.2) is 21.8 Å². The topological polar surface area (TPSA) is 71.8 Å². The highest BCUT2D eigenvalue weighted by Gasteiger charge is 2.24. The normalized spacial score (nSPS) is 21.5. The van der Waals surface area contributed by atoms with Crippen molar-refractivity contribution in [2.45, 2.75) is 43.6 Å². The van der Waals surface area contributed by atoms with Crippen LogP contribution in [0.5, 0.6) is 0 Å². The predicted molar refractivity (Wildman–Crippen MR) is 93.2 cm³/mol. The second kappa shape index (κ2) is 6.84. The van der Waals surface area contributed by atoms with E-state index < -0.39 is 0 Å². The van der Waals surface area contributed by atoms with Gasteiger partial charge in [0.15, 0.2) is 0 Å². The lowest BCUT2D eigenvalue weighted by Crippen LogP contribution is -2.12. The molecular weight excluding hydrogens is 294 g/mol. The zero-order chi connectivity index (χ0) is 15.5. The molecule has 0 bridgehead atoms. The number of hydrogen-bond donors (Lipinski definition) is 2. The van der Waals surface area contributed by atoms with Gasteiger partial charge in [0, 0.05) is 5.25 Å². The van der Waals surface area contributed by atoms with Gasteiger partial charge in [0.1, 0.15) is 5.82 Å². The molecule has 1 aromatic carbocycles. The number of hydrogen-bond acceptors (Lipinski definition) is 4. The first-order valence-electron chi connectivity index (χ1n) is 7.97. The van der Waals surface area contributed by atoms with Crippen LogP contribution in [0.25, 0.3) is 10.9 Å². The molecule has 1 heterocycles. The number of aryl methyl sites for hydroxylation is 1. The molecule has 2 atom stereocenters. The summed E-state index contributed by atoms with van der Waals surface area (Å²) >= 11 is 1.92. The Labute approximate surface area is 134 Å². The molecule has 1 saturated carbocycles. The molecule has 0 radical (unpaired) electrons. The van der Waals surface area contributed by atoms with Gasteiger partial charge < -0.3 is 10.7 Å². The summed E-state index contributed by atoms with van der Waals surface area (Å²) < 4.78 is 0. The summed E-state index contributed by atoms with van der Waals surface area (Å²) in [5, 5.41) is 1.35. The molecule has 22 heavy (non-hydrogen) atoms. The van der Waals surface area contributed by atoms with Crippen LogP contribution in [0.3, 0.4) is 0 Å². The number of nitrogens with zero attached hydrogens (tertiary/aromatic N) is 1. The molecule has 1 aliphatic rings. The van der Waals surface area contributed by atoms with Crippen molar-refractivity contribution in [1.82, 2.24) is 9.97 Å². The average molecular weight is 317 g/mol. The van der Waals surface area contributed by atoms with Crippen LogP contribution >= 0.6 is 11.8 Å². The Hall–Kier alpha value is -1.33. The maximum Gasteiger partial charge on any atom is 0.258 e. The monoisotopic (exact) mass is 317 g/mol. The third-order valence-corrected chi connectivity index (χ3v) is 5.85. The van der Waals surface area contributed by atoms with E-state index in [9.17, 15) is 4.79 Å². The summed E-state index contributed by atoms with van der Waals surface area (Å²) in [5.74, 6) is 2.35. The fraction of sp³-hybridized carbons (Fsp3) is 0.529. The third-order valence-electron chi connectivity index (χ3n) is 4.51. The van der Waals surface area contributed by atoms with Crippen molar-refractivity contribution in [1.29, 1.82) is 0 Å². The van der Waals surface area contributed by atoms with E-state index in [1.54, 1.807) is 0 Å². The smallest absolute Gasteiger partial charge is 0.258 e. The summed E-state index contributed by atoms with van der Waals surface area (Å²) in [7, 11) is 0. The van der Waals surface area contributed by atoms with Crippen molar-refractivity contribution in [2.24, 2.45) is 11.7 Å². The van der Waals surface area contributed by atoms with E-state index in [1.165, 1.54) is 19.3 Å². The number of nitrogens with two attached hydrogens (primary N) is 1. The molecule has 2 aromatic rings. The van der Waals surface area contributed by atoms with Gasteiger partial charge in [-0.3, -0.25) is 4.79 Å². The predicted octanol–water partition coefficient (Wildman–Crippen LogP) is 2.98. The van der Waals surface area contributed by atoms with Crippen LogP contribution < -0.4 is 11.3 Å². The van der Waals surface area contributed by atoms with Gasteiger partial charge in [-0.25, -0.2) is 4.98 Å². The summed E-state index contributed by atoms with van der Waals surface area (Å²) in [4.78, 5) is 19.8. The maximum absolute atomic E-state index is 12.2. The maximum atomic E-state index is 12.2. The molecule has 1 fully saturated rings. The van der Waals surface area contributed by atoms with E-state index in [0.717, 1.165) is 41.5 Å². The van der Waals surface area contributed by atoms with Crippen molar-refractivity contribution < 1.29 is 0 Å². The lowest BCUT2D eigenvalue weighted by atomic mass is 10.1. The van der Waals surface area contributed by atoms with Gasteiger partial charge in [-0.05, 0) is 56.7 Å². The van der Waals surface area contributed by atoms with Crippen LogP contribution in [0.4, 0.5) is 0 Å². The molecule has 5 heteroatoms. The number of para-hydroxylation sites is 1. The van der Waals surface area contributed by atoms with Gasteiger partial charge in [-0.2, -0.15) is 11.8 Å². The van der Waals surface area contributed by atoms with E-state index in [0.29, 0.717) is 10.6 Å². The molecule has 0 spiro atoms. The Morgan fingerprint density at radius 1 is 1.41 bits per heavy atom. The van der Waals surface area contributed by atoms with Crippen molar-refractivity contribution in [3.05, 3.63) is 39.9 Å². The zero-order valence-electron chi connectivity index (χ0n) is 13.0. The highest BCUT2D eigenvalue weighted by molar-refractivity contribution is 7.99. The van der Waals surface area contributed by atoms with Crippen molar-refractivity contribution in [3.63, 3.8) is 0 Å². The molecule has 1 aliphatic carbocycles. The minimum Gasteiger partial charge on any atom is -0.330 e. The number of nitrogens with one attached hydrogen (secondary N) is 1. The summed E-state index contributed by atoms with van der Waals surface area (Å²) in [6.07, 6.45) is 4.93. The van der Waals surface area contributed by atoms with Gasteiger partial charge in [0.05, 0.1) is 16.7 Å². The molecule has 0 saturated heterocycles. The molecule has 3 N–H and O–H groups in total. The first-order valence-corrected chi connectivity index (χ1v) is 9.02. The number of thioether (sulfide) groups is 1. The minimum atomic E-state index is -0.0308. The van der Waals surface area contributed by atoms with Gasteiger partial charge in [0.25, 0.3) is 5.56 Å². The summed E-state index contributed by atoms with van der Waals surface area (Å²) in [6, 6.07) is 5.73. The lowest BCUT2D eigenvalue weighted by molar-refractivity contribution is 0.512. The number of H-pyrrole nitrogens is 1. The number of aromatic nitrogens is 2. The Morgan fingerprint density at radius 3 is 3.09 bits per heavy atom. The third kappa shape index (κ3) is 3.36. The molecule has 0 aliphatic heterocycles. The SMILES string of the molecule is Cc1cccc2c(=O)[nH]c(CS[C@@H]3CC[C@@H](CCN)C3)nc12. The van der Waals surface area contributed by atoms with Crippen LogP contribution in [0.15, 0.2) is 23.0 Å². The van der Waals surface area contributed by atoms with Crippen LogP contribution in [-0.2, 0) is 5.75 Å². The Morgan fingerprint density at radius 2 is 2.27 bits per heavy atom. The Balaban J connectivity index is 1.70. The molecular formula is C17H23N3OS. The number of rotatable bonds is 5. The minimum absolute atomic E-state index is 0.0308. The van der Waals surface area contributed by atoms with Crippen LogP contribution in [0, 0.1) is 12.8 Å². The van der Waals surface area contributed by atoms with E-state index >= 15 is 0 Å². The zero-order valence-corrected chi connectivity index (χ0v) is 13.8. The molecule has 3 rings (SSSR count). The standard InChI is InChI=1S/C17H23N3OS/c1-11-3-2-4-14-16(11)19-15(20-17(14)21)10-22-13-6-5-12(9-13)7-8-18/h2-4,12-13H,5-10,18H2,1H3,(H,19,20,21)/t12-,13+/m0/s1. The molecule has 0 unspecified atom stereocenters. The lowest BCUT2D eigenvalue weighted by Gasteiger charge is -2.10. The molecule has 118 valence electrons. The average Bonchev–Trinajstić information content (AvgIpc) is 2.94. The van der Waals surface area contributed by atoms with E-state index in [2.05, 4.69) is 9.97 Å². The van der Waals surface area contributed by atoms with Crippen molar-refractivity contribution in [2.75, 3.05) is 6.54 Å². The quantitative estimate of drug-likeness (QED) is 0.889. The first-order chi connectivity index (χ1) is 10.7. The summed E-state index contributed by atoms with van der Waals surface area (Å²) in [6.45, 7) is 2.79. The Kier molecular flexibility index (Phi) is 4.84. The van der Waals surface area contributed by atoms with Crippen LogP contribution in [0.1, 0.15) is 37.1 Å². The highest BCUT2D eigenvalue weighted by atomic mass is 32.2. The largest absolute Gasteiger partial charge is 0.330 e.